The van der Waals surface area contributed by atoms with Crippen LogP contribution in [0.4, 0.5) is 0 Å². The molecule has 0 aliphatic carbocycles. The van der Waals surface area contributed by atoms with Crippen molar-refractivity contribution in [1.82, 2.24) is 0 Å². The van der Waals surface area contributed by atoms with Crippen LogP contribution in [-0.2, 0) is 4.79 Å². The first-order valence-corrected chi connectivity index (χ1v) is 3.51. The minimum absolute atomic E-state index is 0.162. The highest BCUT2D eigenvalue weighted by Gasteiger charge is 2.23. The highest BCUT2D eigenvalue weighted by molar-refractivity contribution is 5.97. The molecule has 64 valence electrons. The topological polar surface area (TPSA) is 40.1 Å². The van der Waals surface area contributed by atoms with Gasteiger partial charge in [0.05, 0.1) is 14.1 Å². The number of likely N-dealkylation sites (N-methyl/N-ethyl adjacent to an activating group) is 1. The number of quaternary nitrogens is 1. The van der Waals surface area contributed by atoms with E-state index in [1.54, 1.807) is 13.8 Å². The Balaban J connectivity index is 4.38. The van der Waals surface area contributed by atoms with E-state index in [0.717, 1.165) is 0 Å². The van der Waals surface area contributed by atoms with Gasteiger partial charge in [0.1, 0.15) is 6.04 Å². The van der Waals surface area contributed by atoms with Crippen molar-refractivity contribution in [3.05, 3.63) is 17.4 Å². The number of nitrogens with zero attached hydrogens (tertiary/aromatic N) is 1. The molecule has 0 aromatic heterocycles. The zero-order valence-electron chi connectivity index (χ0n) is 7.55. The summed E-state index contributed by atoms with van der Waals surface area (Å²) in [5.41, 5.74) is 0.444. The number of hydrogen-bond acceptors (Lipinski definition) is 2. The van der Waals surface area contributed by atoms with Gasteiger partial charge in [-0.3, -0.25) is 4.79 Å². The van der Waals surface area contributed by atoms with E-state index in [2.05, 4.69) is 6.58 Å². The van der Waals surface area contributed by atoms with Gasteiger partial charge in [0.15, 0.2) is 0 Å². The van der Waals surface area contributed by atoms with Gasteiger partial charge in [-0.2, -0.15) is 0 Å². The maximum absolute atomic E-state index is 11.2. The van der Waals surface area contributed by atoms with Crippen molar-refractivity contribution in [2.75, 3.05) is 14.1 Å². The lowest BCUT2D eigenvalue weighted by atomic mass is 10.1. The predicted molar refractivity (Wildman–Crippen MR) is 44.8 cm³/mol. The van der Waals surface area contributed by atoms with E-state index in [0.29, 0.717) is 5.57 Å². The fraction of sp³-hybridized carbons (Fsp3) is 0.625. The van der Waals surface area contributed by atoms with Crippen LogP contribution in [0.25, 0.3) is 0 Å². The molecule has 0 heterocycles. The quantitative estimate of drug-likeness (QED) is 0.349. The first-order chi connectivity index (χ1) is 4.76. The van der Waals surface area contributed by atoms with Crippen LogP contribution in [0.15, 0.2) is 12.2 Å². The van der Waals surface area contributed by atoms with Crippen molar-refractivity contribution < 1.29 is 9.44 Å². The Bertz CT molecular complexity index is 179. The maximum atomic E-state index is 11.2. The summed E-state index contributed by atoms with van der Waals surface area (Å²) in [5.74, 6) is -0.162. The summed E-state index contributed by atoms with van der Waals surface area (Å²) in [5, 5.41) is 11.2. The van der Waals surface area contributed by atoms with Crippen LogP contribution in [0.3, 0.4) is 0 Å². The van der Waals surface area contributed by atoms with Crippen LogP contribution in [0.2, 0.25) is 0 Å². The zero-order chi connectivity index (χ0) is 9.23. The van der Waals surface area contributed by atoms with Crippen LogP contribution in [0.1, 0.15) is 13.8 Å². The van der Waals surface area contributed by atoms with E-state index < -0.39 is 10.7 Å². The van der Waals surface area contributed by atoms with Crippen LogP contribution < -0.4 is 0 Å². The highest BCUT2D eigenvalue weighted by Crippen LogP contribution is 2.08. The van der Waals surface area contributed by atoms with E-state index in [9.17, 15) is 10.0 Å². The molecule has 0 aromatic carbocycles. The molecule has 0 fully saturated rings. The largest absolute Gasteiger partial charge is 0.633 e. The monoisotopic (exact) mass is 157 g/mol. The standard InChI is InChI=1S/C8H15NO2/c1-6(2)8(10)7(3)9(4,5)11/h7H,1H2,2-5H3. The molecular weight excluding hydrogens is 142 g/mol. The molecule has 0 aliphatic rings. The van der Waals surface area contributed by atoms with Crippen molar-refractivity contribution >= 4 is 5.78 Å². The number of ketones is 1. The van der Waals surface area contributed by atoms with Crippen molar-refractivity contribution in [2.45, 2.75) is 19.9 Å². The Kier molecular flexibility index (Phi) is 2.96. The van der Waals surface area contributed by atoms with Gasteiger partial charge in [0.2, 0.25) is 5.78 Å². The molecule has 0 aliphatic heterocycles. The maximum Gasteiger partial charge on any atom is 0.215 e. The first kappa shape index (κ1) is 10.3. The van der Waals surface area contributed by atoms with E-state index in [4.69, 9.17) is 0 Å². The third-order valence-corrected chi connectivity index (χ3v) is 1.73. The van der Waals surface area contributed by atoms with Crippen molar-refractivity contribution in [2.24, 2.45) is 0 Å². The van der Waals surface area contributed by atoms with Crippen LogP contribution >= 0.6 is 0 Å². The molecule has 1 atom stereocenters. The summed E-state index contributed by atoms with van der Waals surface area (Å²) in [6, 6.07) is -0.549. The van der Waals surface area contributed by atoms with Gasteiger partial charge in [-0.05, 0) is 19.4 Å². The molecule has 0 radical (unpaired) electrons. The highest BCUT2D eigenvalue weighted by atomic mass is 16.5. The SMILES string of the molecule is C=C(C)C(=O)C(C)[N+](C)(C)[O-]. The van der Waals surface area contributed by atoms with Gasteiger partial charge in [-0.1, -0.05) is 6.58 Å². The Morgan fingerprint density at radius 2 is 1.91 bits per heavy atom. The number of carbonyl (C=O) groups is 1. The number of hydrogen-bond donors (Lipinski definition) is 0. The minimum atomic E-state index is -0.592. The Hall–Kier alpha value is -0.670. The molecule has 0 saturated carbocycles. The molecule has 0 bridgehead atoms. The van der Waals surface area contributed by atoms with Gasteiger partial charge in [-0.15, -0.1) is 0 Å². The average molecular weight is 157 g/mol. The molecule has 0 amide bonds. The smallest absolute Gasteiger partial charge is 0.215 e. The molecule has 3 nitrogen and oxygen atoms in total. The summed E-state index contributed by atoms with van der Waals surface area (Å²) in [6.07, 6.45) is 0. The summed E-state index contributed by atoms with van der Waals surface area (Å²) < 4.78 is -0.592. The summed E-state index contributed by atoms with van der Waals surface area (Å²) >= 11 is 0. The number of rotatable bonds is 3. The fourth-order valence-corrected chi connectivity index (χ4v) is 0.639. The lowest BCUT2D eigenvalue weighted by Gasteiger charge is -2.38. The molecule has 0 N–H and O–H groups in total. The van der Waals surface area contributed by atoms with Crippen molar-refractivity contribution in [3.63, 3.8) is 0 Å². The van der Waals surface area contributed by atoms with Gasteiger partial charge in [0, 0.05) is 0 Å². The van der Waals surface area contributed by atoms with Crippen molar-refractivity contribution in [3.8, 4) is 0 Å². The number of hydroxylamine groups is 3. The average Bonchev–Trinajstić information content (AvgIpc) is 1.82. The van der Waals surface area contributed by atoms with E-state index in [-0.39, 0.29) is 5.78 Å². The lowest BCUT2D eigenvalue weighted by molar-refractivity contribution is -0.854. The van der Waals surface area contributed by atoms with Gasteiger partial charge in [-0.25, -0.2) is 0 Å². The molecule has 0 rings (SSSR count). The summed E-state index contributed by atoms with van der Waals surface area (Å²) in [7, 11) is 2.90. The Morgan fingerprint density at radius 3 is 2.00 bits per heavy atom. The summed E-state index contributed by atoms with van der Waals surface area (Å²) in [6.45, 7) is 6.73. The van der Waals surface area contributed by atoms with Gasteiger partial charge < -0.3 is 9.85 Å². The van der Waals surface area contributed by atoms with Crippen LogP contribution in [0, 0.1) is 5.21 Å². The number of Topliss-reactive ketones (excluding diaryl/α,β-unsaturated/α-hetero) is 1. The molecule has 0 spiro atoms. The second-order valence-corrected chi connectivity index (χ2v) is 3.25. The minimum Gasteiger partial charge on any atom is -0.633 e. The predicted octanol–water partition coefficient (Wildman–Crippen LogP) is 1.09. The van der Waals surface area contributed by atoms with E-state index in [1.807, 2.05) is 0 Å². The van der Waals surface area contributed by atoms with Crippen LogP contribution in [0.5, 0.6) is 0 Å². The normalized spacial score (nSPS) is 14.3. The molecule has 1 unspecified atom stereocenters. The molecule has 11 heavy (non-hydrogen) atoms. The third-order valence-electron chi connectivity index (χ3n) is 1.73. The van der Waals surface area contributed by atoms with Crippen LogP contribution in [-0.4, -0.2) is 30.6 Å². The van der Waals surface area contributed by atoms with Gasteiger partial charge >= 0.3 is 0 Å². The Morgan fingerprint density at radius 1 is 1.55 bits per heavy atom. The van der Waals surface area contributed by atoms with Crippen molar-refractivity contribution in [1.29, 1.82) is 0 Å². The van der Waals surface area contributed by atoms with E-state index in [1.165, 1.54) is 14.1 Å². The van der Waals surface area contributed by atoms with E-state index >= 15 is 0 Å². The molecule has 0 saturated heterocycles. The lowest BCUT2D eigenvalue weighted by Crippen LogP contribution is -2.46. The third kappa shape index (κ3) is 2.82. The fourth-order valence-electron chi connectivity index (χ4n) is 0.639. The number of carbonyl (C=O) groups excluding carboxylic acids is 1. The zero-order valence-corrected chi connectivity index (χ0v) is 7.55. The summed E-state index contributed by atoms with van der Waals surface area (Å²) in [4.78, 5) is 11.2. The molecular formula is C8H15NO2. The molecule has 3 heteroatoms. The van der Waals surface area contributed by atoms with Gasteiger partial charge in [0.25, 0.3) is 0 Å². The Labute approximate surface area is 67.5 Å². The molecule has 0 aromatic rings. The second kappa shape index (κ2) is 3.15. The first-order valence-electron chi connectivity index (χ1n) is 3.51. The second-order valence-electron chi connectivity index (χ2n) is 3.25.